The van der Waals surface area contributed by atoms with Crippen molar-refractivity contribution in [3.63, 3.8) is 0 Å². The van der Waals surface area contributed by atoms with Crippen LogP contribution < -0.4 is 0 Å². The van der Waals surface area contributed by atoms with Crippen molar-refractivity contribution in [1.82, 2.24) is 29.3 Å². The summed E-state index contributed by atoms with van der Waals surface area (Å²) in [6.07, 6.45) is 2.60. The molecule has 6 heteroatoms. The highest BCUT2D eigenvalue weighted by atomic mass is 15.2. The van der Waals surface area contributed by atoms with Crippen LogP contribution in [0, 0.1) is 0 Å². The minimum atomic E-state index is 0.612. The molecular weight excluding hydrogens is 625 g/mol. The lowest BCUT2D eigenvalue weighted by Gasteiger charge is -2.09. The Kier molecular flexibility index (Phi) is 5.92. The Morgan fingerprint density at radius 2 is 0.980 bits per heavy atom. The van der Waals surface area contributed by atoms with E-state index in [2.05, 4.69) is 166 Å². The molecule has 6 nitrogen and oxygen atoms in total. The molecule has 0 fully saturated rings. The first-order valence-corrected chi connectivity index (χ1v) is 17.2. The van der Waals surface area contributed by atoms with Crippen LogP contribution in [0.1, 0.15) is 11.4 Å². The van der Waals surface area contributed by atoms with Crippen LogP contribution >= 0.6 is 0 Å². The fourth-order valence-electron chi connectivity index (χ4n) is 7.94. The lowest BCUT2D eigenvalue weighted by atomic mass is 10.0. The molecule has 0 bridgehead atoms. The van der Waals surface area contributed by atoms with E-state index in [9.17, 15) is 0 Å². The zero-order chi connectivity index (χ0) is 33.5. The molecule has 4 aromatic heterocycles. The van der Waals surface area contributed by atoms with Gasteiger partial charge in [-0.15, -0.1) is 5.10 Å². The maximum absolute atomic E-state index is 5.16. The Hall–Kier alpha value is -6.92. The number of fused-ring (bicyclic) bond motifs is 9. The zero-order valence-electron chi connectivity index (χ0n) is 27.4. The van der Waals surface area contributed by atoms with Crippen molar-refractivity contribution in [2.24, 2.45) is 0 Å². The van der Waals surface area contributed by atoms with Crippen molar-refractivity contribution < 1.29 is 0 Å². The van der Waals surface area contributed by atoms with Crippen LogP contribution in [0.15, 0.2) is 158 Å². The molecule has 0 saturated carbocycles. The molecule has 0 N–H and O–H groups in total. The highest BCUT2D eigenvalue weighted by Gasteiger charge is 2.25. The van der Waals surface area contributed by atoms with E-state index in [0.29, 0.717) is 12.2 Å². The quantitative estimate of drug-likeness (QED) is 0.190. The topological polar surface area (TPSA) is 61.4 Å². The first-order chi connectivity index (χ1) is 25.3. The fraction of sp³-hybridized carbons (Fsp3) is 0.0222. The summed E-state index contributed by atoms with van der Waals surface area (Å²) >= 11 is 0. The standard InChI is InChI=1S/C45H28N6/c1-3-11-31(12-4-1)50-40-17-9-7-15-33(40)35-23-28(19-21-42(35)50)30-25-37-38(46-27-30)26-39-44(37)47-45(49-48-39)29-20-22-43-36(24-29)34-16-8-10-18-41(34)51(43)32-13-5-2-6-14-32/h1-25,27H,26H2. The van der Waals surface area contributed by atoms with E-state index < -0.39 is 0 Å². The van der Waals surface area contributed by atoms with Gasteiger partial charge >= 0.3 is 0 Å². The van der Waals surface area contributed by atoms with Gasteiger partial charge in [-0.3, -0.25) is 4.98 Å². The van der Waals surface area contributed by atoms with Gasteiger partial charge in [0.05, 0.1) is 39.1 Å². The minimum Gasteiger partial charge on any atom is -0.309 e. The van der Waals surface area contributed by atoms with E-state index in [4.69, 9.17) is 15.1 Å². The molecule has 6 aromatic carbocycles. The van der Waals surface area contributed by atoms with Crippen molar-refractivity contribution in [2.45, 2.75) is 6.42 Å². The highest BCUT2D eigenvalue weighted by molar-refractivity contribution is 6.11. The summed E-state index contributed by atoms with van der Waals surface area (Å²) < 4.78 is 4.66. The monoisotopic (exact) mass is 652 g/mol. The van der Waals surface area contributed by atoms with Crippen molar-refractivity contribution in [3.05, 3.63) is 169 Å². The summed E-state index contributed by atoms with van der Waals surface area (Å²) in [5.41, 5.74) is 13.8. The van der Waals surface area contributed by atoms with Crippen LogP contribution in [0.4, 0.5) is 0 Å². The summed E-state index contributed by atoms with van der Waals surface area (Å²) in [7, 11) is 0. The number of rotatable bonds is 4. The molecule has 0 unspecified atom stereocenters. The predicted molar refractivity (Wildman–Crippen MR) is 205 cm³/mol. The summed E-state index contributed by atoms with van der Waals surface area (Å²) in [4.78, 5) is 10.1. The lowest BCUT2D eigenvalue weighted by molar-refractivity contribution is 0.918. The van der Waals surface area contributed by atoms with Crippen LogP contribution in [0.3, 0.4) is 0 Å². The van der Waals surface area contributed by atoms with Crippen LogP contribution in [-0.4, -0.2) is 29.3 Å². The first-order valence-electron chi connectivity index (χ1n) is 17.2. The first kappa shape index (κ1) is 28.0. The average Bonchev–Trinajstić information content (AvgIpc) is 3.85. The third kappa shape index (κ3) is 4.23. The molecule has 0 spiro atoms. The second-order valence-electron chi connectivity index (χ2n) is 13.2. The smallest absolute Gasteiger partial charge is 0.182 e. The Morgan fingerprint density at radius 3 is 1.63 bits per heavy atom. The summed E-state index contributed by atoms with van der Waals surface area (Å²) in [6, 6.07) is 53.6. The maximum atomic E-state index is 5.16. The molecular formula is C45H28N6. The third-order valence-electron chi connectivity index (χ3n) is 10.3. The Balaban J connectivity index is 1.01. The summed E-state index contributed by atoms with van der Waals surface area (Å²) in [5.74, 6) is 0.612. The van der Waals surface area contributed by atoms with Gasteiger partial charge in [0.15, 0.2) is 5.82 Å². The van der Waals surface area contributed by atoms with E-state index in [1.54, 1.807) is 0 Å². The molecule has 4 heterocycles. The number of pyridine rings is 1. The van der Waals surface area contributed by atoms with Crippen LogP contribution in [-0.2, 0) is 6.42 Å². The second kappa shape index (κ2) is 10.8. The summed E-state index contributed by atoms with van der Waals surface area (Å²) in [5, 5.41) is 14.1. The van der Waals surface area contributed by atoms with Crippen molar-refractivity contribution in [2.75, 3.05) is 0 Å². The number of hydrogen-bond donors (Lipinski definition) is 0. The molecule has 0 amide bonds. The number of nitrogens with zero attached hydrogens (tertiary/aromatic N) is 6. The van der Waals surface area contributed by atoms with E-state index in [1.807, 2.05) is 6.20 Å². The van der Waals surface area contributed by atoms with Gasteiger partial charge in [-0.2, -0.15) is 5.10 Å². The highest BCUT2D eigenvalue weighted by Crippen LogP contribution is 2.40. The molecule has 51 heavy (non-hydrogen) atoms. The van der Waals surface area contributed by atoms with E-state index in [-0.39, 0.29) is 0 Å². The zero-order valence-corrected chi connectivity index (χ0v) is 27.4. The van der Waals surface area contributed by atoms with Crippen LogP contribution in [0.5, 0.6) is 0 Å². The molecule has 1 aliphatic carbocycles. The average molecular weight is 653 g/mol. The number of hydrogen-bond acceptors (Lipinski definition) is 4. The molecule has 0 atom stereocenters. The second-order valence-corrected chi connectivity index (χ2v) is 13.2. The van der Waals surface area contributed by atoms with Gasteiger partial charge in [-0.25, -0.2) is 4.98 Å². The Bertz CT molecular complexity index is 2790. The molecule has 1 aliphatic rings. The van der Waals surface area contributed by atoms with Gasteiger partial charge in [0, 0.05) is 62.2 Å². The molecule has 238 valence electrons. The van der Waals surface area contributed by atoms with Gasteiger partial charge in [0.25, 0.3) is 0 Å². The minimum absolute atomic E-state index is 0.612. The van der Waals surface area contributed by atoms with Crippen LogP contribution in [0.2, 0.25) is 0 Å². The normalized spacial score (nSPS) is 12.2. The van der Waals surface area contributed by atoms with E-state index in [0.717, 1.165) is 61.6 Å². The van der Waals surface area contributed by atoms with Gasteiger partial charge in [-0.1, -0.05) is 78.9 Å². The maximum Gasteiger partial charge on any atom is 0.182 e. The van der Waals surface area contributed by atoms with Crippen molar-refractivity contribution >= 4 is 43.6 Å². The largest absolute Gasteiger partial charge is 0.309 e. The Labute approximate surface area is 292 Å². The molecule has 0 radical (unpaired) electrons. The number of benzene rings is 6. The summed E-state index contributed by atoms with van der Waals surface area (Å²) in [6.45, 7) is 0. The lowest BCUT2D eigenvalue weighted by Crippen LogP contribution is -1.98. The van der Waals surface area contributed by atoms with Gasteiger partial charge in [0.2, 0.25) is 0 Å². The third-order valence-corrected chi connectivity index (χ3v) is 10.3. The molecule has 0 aliphatic heterocycles. The fourth-order valence-corrected chi connectivity index (χ4v) is 7.94. The molecule has 10 aromatic rings. The van der Waals surface area contributed by atoms with E-state index >= 15 is 0 Å². The molecule has 0 saturated heterocycles. The number of para-hydroxylation sites is 4. The molecule has 11 rings (SSSR count). The van der Waals surface area contributed by atoms with Gasteiger partial charge in [-0.05, 0) is 78.4 Å². The predicted octanol–water partition coefficient (Wildman–Crippen LogP) is 10.4. The van der Waals surface area contributed by atoms with Gasteiger partial charge < -0.3 is 9.13 Å². The Morgan fingerprint density at radius 1 is 0.431 bits per heavy atom. The van der Waals surface area contributed by atoms with Gasteiger partial charge in [0.1, 0.15) is 0 Å². The number of aromatic nitrogens is 6. The van der Waals surface area contributed by atoms with E-state index in [1.165, 1.54) is 32.7 Å². The SMILES string of the molecule is c1ccc(-n2c3ccccc3c3cc(-c4cnc5c(c4)-c4nc(-c6ccc7c(c6)c6ccccc6n7-c6ccccc6)nnc4C5)ccc32)cc1. The van der Waals surface area contributed by atoms with Crippen molar-refractivity contribution in [3.8, 4) is 45.1 Å². The van der Waals surface area contributed by atoms with Crippen molar-refractivity contribution in [1.29, 1.82) is 0 Å². The van der Waals surface area contributed by atoms with Crippen LogP contribution in [0.25, 0.3) is 88.8 Å².